The Hall–Kier alpha value is -4.69. The number of aliphatic hydroxyl groups is 1. The van der Waals surface area contributed by atoms with Crippen molar-refractivity contribution in [3.05, 3.63) is 101 Å². The van der Waals surface area contributed by atoms with Crippen molar-refractivity contribution >= 4 is 23.8 Å². The van der Waals surface area contributed by atoms with E-state index in [9.17, 15) is 24.3 Å². The van der Waals surface area contributed by atoms with Gasteiger partial charge >= 0.3 is 17.9 Å². The predicted octanol–water partition coefficient (Wildman–Crippen LogP) is 3.17. The Balaban J connectivity index is 1.40. The van der Waals surface area contributed by atoms with Gasteiger partial charge < -0.3 is 24.2 Å². The highest BCUT2D eigenvalue weighted by Crippen LogP contribution is 2.31. The Morgan fingerprint density at radius 3 is 1.98 bits per heavy atom. The number of carbonyl (C=O) groups excluding carboxylic acids is 4. The van der Waals surface area contributed by atoms with Gasteiger partial charge in [-0.3, -0.25) is 38.9 Å². The lowest BCUT2D eigenvalue weighted by atomic mass is 10.1. The van der Waals surface area contributed by atoms with Crippen molar-refractivity contribution in [2.24, 2.45) is 0 Å². The Kier molecular flexibility index (Phi) is 14.3. The lowest BCUT2D eigenvalue weighted by molar-refractivity contribution is -0.153. The fraction of sp³-hybridized carbons (Fsp3) is 0.462. The van der Waals surface area contributed by atoms with Gasteiger partial charge in [0.05, 0.1) is 37.7 Å². The average molecular weight is 716 g/mol. The van der Waals surface area contributed by atoms with Crippen LogP contribution in [0.25, 0.3) is 0 Å². The number of esters is 3. The van der Waals surface area contributed by atoms with Crippen LogP contribution >= 0.6 is 0 Å². The molecule has 1 amide bonds. The Morgan fingerprint density at radius 1 is 0.788 bits per heavy atom. The molecule has 5 rings (SSSR count). The number of pyridine rings is 1. The second kappa shape index (κ2) is 19.2. The van der Waals surface area contributed by atoms with Crippen LogP contribution in [0.2, 0.25) is 0 Å². The summed E-state index contributed by atoms with van der Waals surface area (Å²) in [6.07, 6.45) is -0.324. The largest absolute Gasteiger partial charge is 0.465 e. The maximum absolute atomic E-state index is 14.1. The lowest BCUT2D eigenvalue weighted by Crippen LogP contribution is -2.50. The van der Waals surface area contributed by atoms with E-state index in [-0.39, 0.29) is 57.3 Å². The molecule has 52 heavy (non-hydrogen) atoms. The van der Waals surface area contributed by atoms with Crippen molar-refractivity contribution in [1.29, 1.82) is 0 Å². The van der Waals surface area contributed by atoms with Crippen molar-refractivity contribution in [3.8, 4) is 0 Å². The van der Waals surface area contributed by atoms with Crippen molar-refractivity contribution in [2.45, 2.75) is 58.7 Å². The summed E-state index contributed by atoms with van der Waals surface area (Å²) in [4.78, 5) is 64.8. The molecule has 0 radical (unpaired) electrons. The van der Waals surface area contributed by atoms with Gasteiger partial charge in [-0.2, -0.15) is 0 Å². The molecule has 0 saturated carbocycles. The molecule has 2 bridgehead atoms. The minimum Gasteiger partial charge on any atom is -0.465 e. The van der Waals surface area contributed by atoms with Gasteiger partial charge in [-0.25, -0.2) is 0 Å². The van der Waals surface area contributed by atoms with E-state index in [0.717, 1.165) is 17.0 Å². The highest BCUT2D eigenvalue weighted by Gasteiger charge is 2.36. The standard InChI is InChI=1S/C39H49N5O8/c1-3-50-35(45)26-41-20-22-43(23-21-42(27-36(46)51-4-2)25-31-15-10-14-30(24-41)40-31)34(39(49)52-28-29-12-6-5-7-13-29)18-11-19-44-37(47)32-16-8-9-17-33(32)38(44)48/h5-10,12-17,34,37,47H,3-4,11,18-28H2,1-2H3. The molecular formula is C39H49N5O8. The molecule has 278 valence electrons. The van der Waals surface area contributed by atoms with Crippen LogP contribution in [-0.4, -0.2) is 119 Å². The molecule has 0 fully saturated rings. The Morgan fingerprint density at radius 2 is 1.38 bits per heavy atom. The maximum Gasteiger partial charge on any atom is 0.323 e. The fourth-order valence-corrected chi connectivity index (χ4v) is 6.64. The number of benzene rings is 2. The number of amides is 1. The number of aromatic nitrogens is 1. The second-order valence-corrected chi connectivity index (χ2v) is 12.9. The first-order chi connectivity index (χ1) is 25.2. The molecular weight excluding hydrogens is 666 g/mol. The minimum absolute atomic E-state index is 0.0429. The third-order valence-electron chi connectivity index (χ3n) is 9.20. The molecule has 2 unspecified atom stereocenters. The summed E-state index contributed by atoms with van der Waals surface area (Å²) in [5.41, 5.74) is 3.41. The smallest absolute Gasteiger partial charge is 0.323 e. The zero-order chi connectivity index (χ0) is 36.9. The van der Waals surface area contributed by atoms with Gasteiger partial charge in [-0.05, 0) is 50.5 Å². The fourth-order valence-electron chi connectivity index (χ4n) is 6.64. The van der Waals surface area contributed by atoms with Crippen molar-refractivity contribution in [1.82, 2.24) is 24.6 Å². The summed E-state index contributed by atoms with van der Waals surface area (Å²) < 4.78 is 16.5. The molecule has 2 aromatic carbocycles. The highest BCUT2D eigenvalue weighted by molar-refractivity contribution is 5.98. The molecule has 2 aliphatic rings. The third-order valence-corrected chi connectivity index (χ3v) is 9.20. The second-order valence-electron chi connectivity index (χ2n) is 12.9. The van der Waals surface area contributed by atoms with Gasteiger partial charge in [0, 0.05) is 56.9 Å². The molecule has 0 spiro atoms. The molecule has 2 atom stereocenters. The van der Waals surface area contributed by atoms with Crippen molar-refractivity contribution in [3.63, 3.8) is 0 Å². The van der Waals surface area contributed by atoms with E-state index in [1.165, 1.54) is 4.90 Å². The zero-order valence-corrected chi connectivity index (χ0v) is 30.0. The van der Waals surface area contributed by atoms with Crippen LogP contribution in [0.15, 0.2) is 72.8 Å². The zero-order valence-electron chi connectivity index (χ0n) is 30.0. The van der Waals surface area contributed by atoms with Crippen LogP contribution < -0.4 is 0 Å². The number of aliphatic hydroxyl groups excluding tert-OH is 1. The van der Waals surface area contributed by atoms with E-state index >= 15 is 0 Å². The van der Waals surface area contributed by atoms with Crippen LogP contribution in [-0.2, 0) is 48.3 Å². The molecule has 13 heteroatoms. The summed E-state index contributed by atoms with van der Waals surface area (Å²) in [6.45, 7) is 6.79. The Bertz CT molecular complexity index is 1610. The highest BCUT2D eigenvalue weighted by atomic mass is 16.5. The molecule has 13 nitrogen and oxygen atoms in total. The lowest BCUT2D eigenvalue weighted by Gasteiger charge is -2.35. The topological polar surface area (TPSA) is 142 Å². The first-order valence-electron chi connectivity index (χ1n) is 18.0. The van der Waals surface area contributed by atoms with E-state index < -0.39 is 18.2 Å². The number of hydrogen-bond acceptors (Lipinski definition) is 12. The van der Waals surface area contributed by atoms with Gasteiger partial charge in [-0.15, -0.1) is 0 Å². The van der Waals surface area contributed by atoms with Crippen LogP contribution in [0.4, 0.5) is 0 Å². The van der Waals surface area contributed by atoms with E-state index in [2.05, 4.69) is 0 Å². The molecule has 3 aromatic rings. The maximum atomic E-state index is 14.1. The number of nitrogens with zero attached hydrogens (tertiary/aromatic N) is 5. The first kappa shape index (κ1) is 38.5. The minimum atomic E-state index is -1.06. The van der Waals surface area contributed by atoms with E-state index in [1.54, 1.807) is 38.1 Å². The van der Waals surface area contributed by atoms with E-state index in [1.807, 2.05) is 63.2 Å². The normalized spacial score (nSPS) is 17.8. The number of rotatable bonds is 14. The predicted molar refractivity (Wildman–Crippen MR) is 191 cm³/mol. The Labute approximate surface area is 305 Å². The van der Waals surface area contributed by atoms with Crippen LogP contribution in [0.1, 0.15) is 65.8 Å². The van der Waals surface area contributed by atoms with E-state index in [0.29, 0.717) is 63.2 Å². The average Bonchev–Trinajstić information content (AvgIpc) is 3.37. The molecule has 1 N–H and O–H groups in total. The number of carbonyl (C=O) groups is 4. The SMILES string of the molecule is CCOC(=O)CN1CCN(C(CCCN2C(=O)c3ccccc3C2O)C(=O)OCc2ccccc2)CCN(CC(=O)OCC)Cc2cccc(n2)C1. The summed E-state index contributed by atoms with van der Waals surface area (Å²) in [5, 5.41) is 11.0. The molecule has 3 heterocycles. The van der Waals surface area contributed by atoms with Crippen LogP contribution in [0.3, 0.4) is 0 Å². The van der Waals surface area contributed by atoms with Gasteiger partial charge in [0.2, 0.25) is 0 Å². The molecule has 0 aliphatic carbocycles. The number of hydrogen-bond donors (Lipinski definition) is 1. The van der Waals surface area contributed by atoms with Crippen molar-refractivity contribution in [2.75, 3.05) is 59.0 Å². The third kappa shape index (κ3) is 10.7. The summed E-state index contributed by atoms with van der Waals surface area (Å²) >= 11 is 0. The van der Waals surface area contributed by atoms with Crippen LogP contribution in [0, 0.1) is 0 Å². The molecule has 1 aromatic heterocycles. The van der Waals surface area contributed by atoms with Gasteiger partial charge in [0.1, 0.15) is 12.6 Å². The monoisotopic (exact) mass is 715 g/mol. The van der Waals surface area contributed by atoms with Gasteiger partial charge in [0.15, 0.2) is 6.23 Å². The quantitative estimate of drug-likeness (QED) is 0.194. The van der Waals surface area contributed by atoms with Gasteiger partial charge in [-0.1, -0.05) is 54.6 Å². The molecule has 2 aliphatic heterocycles. The van der Waals surface area contributed by atoms with Gasteiger partial charge in [0.25, 0.3) is 5.91 Å². The van der Waals surface area contributed by atoms with Crippen molar-refractivity contribution < 1.29 is 38.5 Å². The summed E-state index contributed by atoms with van der Waals surface area (Å²) in [7, 11) is 0. The first-order valence-corrected chi connectivity index (χ1v) is 18.0. The van der Waals surface area contributed by atoms with Crippen LogP contribution in [0.5, 0.6) is 0 Å². The van der Waals surface area contributed by atoms with E-state index in [4.69, 9.17) is 19.2 Å². The number of fused-ring (bicyclic) bond motifs is 3. The summed E-state index contributed by atoms with van der Waals surface area (Å²) in [6, 6.07) is 21.4. The molecule has 0 saturated heterocycles. The number of ether oxygens (including phenoxy) is 3. The summed E-state index contributed by atoms with van der Waals surface area (Å²) in [5.74, 6) is -1.38.